The van der Waals surface area contributed by atoms with Gasteiger partial charge in [-0.15, -0.1) is 0 Å². The summed E-state index contributed by atoms with van der Waals surface area (Å²) in [4.78, 5) is 23.3. The van der Waals surface area contributed by atoms with Crippen molar-refractivity contribution in [2.75, 3.05) is 31.1 Å². The second-order valence-corrected chi connectivity index (χ2v) is 7.48. The molecule has 0 unspecified atom stereocenters. The Morgan fingerprint density at radius 2 is 1.68 bits per heavy atom. The Bertz CT molecular complexity index is 863. The molecular formula is C18H19F3N4O2S. The van der Waals surface area contributed by atoms with Gasteiger partial charge in [0, 0.05) is 42.5 Å². The molecule has 0 atom stereocenters. The first-order chi connectivity index (χ1) is 13.1. The Morgan fingerprint density at radius 1 is 1.07 bits per heavy atom. The minimum absolute atomic E-state index is 0.292. The van der Waals surface area contributed by atoms with Crippen LogP contribution in [0.4, 0.5) is 23.7 Å². The van der Waals surface area contributed by atoms with E-state index in [0.717, 1.165) is 35.3 Å². The van der Waals surface area contributed by atoms with Crippen LogP contribution >= 0.6 is 11.8 Å². The van der Waals surface area contributed by atoms with Gasteiger partial charge >= 0.3 is 12.3 Å². The van der Waals surface area contributed by atoms with E-state index in [0.29, 0.717) is 41.9 Å². The predicted molar refractivity (Wildman–Crippen MR) is 98.9 cm³/mol. The highest BCUT2D eigenvalue weighted by molar-refractivity contribution is 7.99. The van der Waals surface area contributed by atoms with Crippen LogP contribution in [0.5, 0.6) is 0 Å². The van der Waals surface area contributed by atoms with Crippen LogP contribution in [0.3, 0.4) is 0 Å². The van der Waals surface area contributed by atoms with Crippen molar-refractivity contribution in [2.24, 2.45) is 0 Å². The van der Waals surface area contributed by atoms with Gasteiger partial charge in [0.2, 0.25) is 0 Å². The summed E-state index contributed by atoms with van der Waals surface area (Å²) >= 11 is 1.08. The van der Waals surface area contributed by atoms with Crippen LogP contribution in [0, 0.1) is 13.8 Å². The smallest absolute Gasteiger partial charge is 0.416 e. The molecule has 0 bridgehead atoms. The Morgan fingerprint density at radius 3 is 2.21 bits per heavy atom. The molecule has 150 valence electrons. The number of halogens is 3. The summed E-state index contributed by atoms with van der Waals surface area (Å²) in [5.41, 5.74) is 1.34. The van der Waals surface area contributed by atoms with E-state index in [1.165, 1.54) is 11.0 Å². The number of nitrogens with zero attached hydrogens (tertiary/aromatic N) is 4. The van der Waals surface area contributed by atoms with E-state index in [4.69, 9.17) is 5.11 Å². The molecule has 28 heavy (non-hydrogen) atoms. The molecule has 1 fully saturated rings. The lowest BCUT2D eigenvalue weighted by molar-refractivity contribution is -0.137. The first-order valence-electron chi connectivity index (χ1n) is 8.57. The van der Waals surface area contributed by atoms with Crippen molar-refractivity contribution in [3.05, 3.63) is 41.2 Å². The van der Waals surface area contributed by atoms with E-state index in [1.54, 1.807) is 19.9 Å². The van der Waals surface area contributed by atoms with Gasteiger partial charge in [0.15, 0.2) is 5.16 Å². The number of piperazine rings is 1. The number of carbonyl (C=O) groups is 1. The molecule has 0 radical (unpaired) electrons. The van der Waals surface area contributed by atoms with Gasteiger partial charge in [-0.25, -0.2) is 14.8 Å². The third kappa shape index (κ3) is 4.67. The second kappa shape index (κ2) is 7.86. The molecule has 10 heteroatoms. The highest BCUT2D eigenvalue weighted by atomic mass is 32.2. The van der Waals surface area contributed by atoms with E-state index in [-0.39, 0.29) is 0 Å². The summed E-state index contributed by atoms with van der Waals surface area (Å²) in [5, 5.41) is 9.46. The number of hydrogen-bond donors (Lipinski definition) is 1. The van der Waals surface area contributed by atoms with Crippen molar-refractivity contribution in [3.63, 3.8) is 0 Å². The molecule has 1 aliphatic heterocycles. The maximum Gasteiger partial charge on any atom is 0.416 e. The fourth-order valence-electron chi connectivity index (χ4n) is 3.01. The fourth-order valence-corrected chi connectivity index (χ4v) is 4.07. The first kappa shape index (κ1) is 20.2. The quantitative estimate of drug-likeness (QED) is 0.767. The molecule has 0 saturated carbocycles. The number of carboxylic acid groups (broad SMARTS) is 1. The summed E-state index contributed by atoms with van der Waals surface area (Å²) < 4.78 is 39.7. The largest absolute Gasteiger partial charge is 0.465 e. The van der Waals surface area contributed by atoms with E-state index < -0.39 is 17.8 Å². The van der Waals surface area contributed by atoms with Crippen molar-refractivity contribution in [3.8, 4) is 0 Å². The zero-order valence-corrected chi connectivity index (χ0v) is 16.1. The summed E-state index contributed by atoms with van der Waals surface area (Å²) in [6.07, 6.45) is -5.45. The molecular weight excluding hydrogens is 393 g/mol. The summed E-state index contributed by atoms with van der Waals surface area (Å²) in [6.45, 7) is 4.99. The van der Waals surface area contributed by atoms with Crippen molar-refractivity contribution < 1.29 is 23.1 Å². The molecule has 1 aromatic heterocycles. The van der Waals surface area contributed by atoms with Crippen LogP contribution in [0.15, 0.2) is 34.3 Å². The first-order valence-corrected chi connectivity index (χ1v) is 9.39. The lowest BCUT2D eigenvalue weighted by atomic mass is 10.1. The van der Waals surface area contributed by atoms with Crippen molar-refractivity contribution in [2.45, 2.75) is 30.1 Å². The third-order valence-corrected chi connectivity index (χ3v) is 5.25. The minimum Gasteiger partial charge on any atom is -0.465 e. The van der Waals surface area contributed by atoms with Crippen LogP contribution in [-0.2, 0) is 6.18 Å². The third-order valence-electron chi connectivity index (χ3n) is 4.34. The summed E-state index contributed by atoms with van der Waals surface area (Å²) in [6, 6.07) is 5.38. The monoisotopic (exact) mass is 412 g/mol. The number of aromatic nitrogens is 2. The highest BCUT2D eigenvalue weighted by Crippen LogP contribution is 2.39. The van der Waals surface area contributed by atoms with Crippen LogP contribution in [-0.4, -0.2) is 52.2 Å². The Labute approximate surface area is 164 Å². The van der Waals surface area contributed by atoms with Crippen molar-refractivity contribution in [1.82, 2.24) is 14.9 Å². The number of anilines is 1. The molecule has 0 aliphatic carbocycles. The van der Waals surface area contributed by atoms with Crippen molar-refractivity contribution in [1.29, 1.82) is 0 Å². The van der Waals surface area contributed by atoms with Crippen molar-refractivity contribution >= 4 is 23.5 Å². The molecule has 1 aromatic carbocycles. The maximum atomic E-state index is 13.2. The van der Waals surface area contributed by atoms with Gasteiger partial charge in [-0.2, -0.15) is 13.2 Å². The van der Waals surface area contributed by atoms with Crippen LogP contribution < -0.4 is 4.90 Å². The van der Waals surface area contributed by atoms with Gasteiger partial charge in [-0.05, 0) is 49.9 Å². The fraction of sp³-hybridized carbons (Fsp3) is 0.389. The van der Waals surface area contributed by atoms with Gasteiger partial charge in [0.1, 0.15) is 0 Å². The normalized spacial score (nSPS) is 15.0. The topological polar surface area (TPSA) is 69.6 Å². The Balaban J connectivity index is 1.94. The lowest BCUT2D eigenvalue weighted by Crippen LogP contribution is -2.48. The van der Waals surface area contributed by atoms with Crippen LogP contribution in [0.25, 0.3) is 0 Å². The molecule has 1 N–H and O–H groups in total. The Kier molecular flexibility index (Phi) is 5.69. The molecule has 2 heterocycles. The zero-order chi connectivity index (χ0) is 20.5. The number of hydrogen-bond acceptors (Lipinski definition) is 5. The molecule has 0 spiro atoms. The zero-order valence-electron chi connectivity index (χ0n) is 15.3. The number of amides is 1. The predicted octanol–water partition coefficient (Wildman–Crippen LogP) is 4.06. The van der Waals surface area contributed by atoms with Gasteiger partial charge in [-0.1, -0.05) is 0 Å². The standard InChI is InChI=1S/C18H19F3N4O2S/c1-11-9-12(2)23-16(22-11)28-15-10-13(18(19,20)21)3-4-14(15)24-5-7-25(8-6-24)17(26)27/h3-4,9-10H,5-8H2,1-2H3,(H,26,27). The van der Waals surface area contributed by atoms with Crippen LogP contribution in [0.1, 0.15) is 17.0 Å². The second-order valence-electron chi connectivity index (χ2n) is 6.47. The number of rotatable bonds is 3. The summed E-state index contributed by atoms with van der Waals surface area (Å²) in [5.74, 6) is 0. The molecule has 1 saturated heterocycles. The van der Waals surface area contributed by atoms with E-state index in [2.05, 4.69) is 9.97 Å². The van der Waals surface area contributed by atoms with Gasteiger partial charge in [0.25, 0.3) is 0 Å². The lowest BCUT2D eigenvalue weighted by Gasteiger charge is -2.35. The molecule has 1 aliphatic rings. The Hall–Kier alpha value is -2.49. The number of alkyl halides is 3. The van der Waals surface area contributed by atoms with E-state index >= 15 is 0 Å². The highest BCUT2D eigenvalue weighted by Gasteiger charge is 2.32. The summed E-state index contributed by atoms with van der Waals surface area (Å²) in [7, 11) is 0. The molecule has 2 aromatic rings. The van der Waals surface area contributed by atoms with Crippen LogP contribution in [0.2, 0.25) is 0 Å². The van der Waals surface area contributed by atoms with Gasteiger partial charge in [0.05, 0.1) is 11.3 Å². The molecule has 3 rings (SSSR count). The minimum atomic E-state index is -4.46. The average Bonchev–Trinajstić information content (AvgIpc) is 2.60. The SMILES string of the molecule is Cc1cc(C)nc(Sc2cc(C(F)(F)F)ccc2N2CCN(C(=O)O)CC2)n1. The number of benzene rings is 1. The molecule has 6 nitrogen and oxygen atoms in total. The molecule has 1 amide bonds. The number of aryl methyl sites for hydroxylation is 2. The van der Waals surface area contributed by atoms with Gasteiger partial charge < -0.3 is 14.9 Å². The van der Waals surface area contributed by atoms with E-state index in [1.807, 2.05) is 4.90 Å². The van der Waals surface area contributed by atoms with E-state index in [9.17, 15) is 18.0 Å². The van der Waals surface area contributed by atoms with Gasteiger partial charge in [-0.3, -0.25) is 0 Å². The maximum absolute atomic E-state index is 13.2. The average molecular weight is 412 g/mol.